The Labute approximate surface area is 629 Å². The Kier molecular flexibility index (Phi) is 49.9. The van der Waals surface area contributed by atoms with Crippen LogP contribution in [0.1, 0.15) is 131 Å². The van der Waals surface area contributed by atoms with E-state index in [1.54, 1.807) is 13.8 Å². The van der Waals surface area contributed by atoms with Gasteiger partial charge in [-0.25, -0.2) is 4.57 Å². The van der Waals surface area contributed by atoms with E-state index >= 15 is 0 Å². The molecule has 0 aromatic heterocycles. The van der Waals surface area contributed by atoms with Crippen molar-refractivity contribution in [3.8, 4) is 0 Å². The molecule has 3 aliphatic rings. The molecular weight excluding hydrogens is 1540 g/mol. The quantitative estimate of drug-likeness (QED) is 0.0220. The first-order chi connectivity index (χ1) is 49.2. The van der Waals surface area contributed by atoms with E-state index in [2.05, 4.69) is 28.2 Å². The molecule has 0 saturated carbocycles. The maximum absolute atomic E-state index is 13.2. The lowest BCUT2D eigenvalue weighted by Crippen LogP contribution is -2.64. The monoisotopic (exact) mass is 1660 g/mol. The van der Waals surface area contributed by atoms with Crippen LogP contribution in [-0.2, 0) is 133 Å². The van der Waals surface area contributed by atoms with Crippen molar-refractivity contribution in [1.82, 2.24) is 16.0 Å². The van der Waals surface area contributed by atoms with Crippen molar-refractivity contribution in [2.75, 3.05) is 132 Å². The number of rotatable bonds is 60. The average molecular weight is 1660 g/mol. The van der Waals surface area contributed by atoms with Gasteiger partial charge in [-0.1, -0.05) is 63.6 Å². The van der Waals surface area contributed by atoms with Gasteiger partial charge >= 0.3 is 20.2 Å². The molecule has 19 atom stereocenters. The Bertz CT molecular complexity index is 2360. The summed E-state index contributed by atoms with van der Waals surface area (Å²) >= 11 is 19.7. The summed E-state index contributed by atoms with van der Waals surface area (Å²) in [6.45, 7) is -8.66. The normalized spacial score (nSPS) is 28.2. The maximum atomic E-state index is 13.2. The molecule has 44 heteroatoms. The van der Waals surface area contributed by atoms with Crippen molar-refractivity contribution in [3.63, 3.8) is 0 Å². The predicted octanol–water partition coefficient (Wildman–Crippen LogP) is 0.190. The van der Waals surface area contributed by atoms with Crippen molar-refractivity contribution in [2.45, 2.75) is 234 Å². The van der Waals surface area contributed by atoms with Crippen molar-refractivity contribution in [3.05, 3.63) is 0 Å². The molecule has 614 valence electrons. The van der Waals surface area contributed by atoms with E-state index in [0.717, 1.165) is 25.7 Å². The molecule has 0 aromatic rings. The highest BCUT2D eigenvalue weighted by Gasteiger charge is 2.48. The average Bonchev–Trinajstić information content (AvgIpc) is 0.816. The van der Waals surface area contributed by atoms with Crippen LogP contribution in [0.2, 0.25) is 0 Å². The minimum Gasteiger partial charge on any atom is -0.801 e. The summed E-state index contributed by atoms with van der Waals surface area (Å²) < 4.78 is 111. The third-order valence-corrected chi connectivity index (χ3v) is 24.4. The molecule has 3 fully saturated rings. The van der Waals surface area contributed by atoms with Crippen LogP contribution in [0, 0.1) is 0 Å². The number of aliphatic hydroxyl groups is 9. The van der Waals surface area contributed by atoms with Gasteiger partial charge in [0, 0.05) is 67.0 Å². The van der Waals surface area contributed by atoms with Crippen molar-refractivity contribution in [2.24, 2.45) is 0 Å². The lowest BCUT2D eigenvalue weighted by atomic mass is 9.97. The van der Waals surface area contributed by atoms with Gasteiger partial charge in [-0.15, -0.1) is 0 Å². The summed E-state index contributed by atoms with van der Waals surface area (Å²) in [6.07, 6.45) is -8.40. The summed E-state index contributed by atoms with van der Waals surface area (Å²) in [6, 6.07) is -3.34. The molecule has 3 saturated heterocycles. The highest BCUT2D eigenvalue weighted by atomic mass is 32.7. The number of hydrogen-bond acceptors (Lipinski definition) is 34. The number of thiol groups is 1. The number of nitrogens with one attached hydrogen (secondary N) is 3. The second kappa shape index (κ2) is 53.0. The summed E-state index contributed by atoms with van der Waals surface area (Å²) in [5.74, 6) is -1.50. The van der Waals surface area contributed by atoms with Gasteiger partial charge in [0.15, 0.2) is 18.9 Å². The number of carbonyl (C=O) groups excluding carboxylic acids is 3. The smallest absolute Gasteiger partial charge is 0.386 e. The lowest BCUT2D eigenvalue weighted by Gasteiger charge is -2.42. The molecule has 0 bridgehead atoms. The molecule has 14 N–H and O–H groups in total. The van der Waals surface area contributed by atoms with Gasteiger partial charge < -0.3 is 156 Å². The largest absolute Gasteiger partial charge is 0.801 e. The third kappa shape index (κ3) is 39.5. The first kappa shape index (κ1) is 98.0. The van der Waals surface area contributed by atoms with Crippen LogP contribution in [0.3, 0.4) is 0 Å². The van der Waals surface area contributed by atoms with E-state index in [9.17, 15) is 79.6 Å². The van der Waals surface area contributed by atoms with Gasteiger partial charge in [-0.05, 0) is 106 Å². The molecule has 10 unspecified atom stereocenters. The van der Waals surface area contributed by atoms with Crippen molar-refractivity contribution < 1.29 is 159 Å². The first-order valence-corrected chi connectivity index (χ1v) is 45.5. The Hall–Kier alpha value is -0.220. The Balaban J connectivity index is 1.61. The summed E-state index contributed by atoms with van der Waals surface area (Å²) in [5.41, 5.74) is -1.50. The SMILES string of the molecule is CC(=O)NC1[C@H](OCCCCOP(=O)(S)OCCCOCC(COCCCOP(O)(=S)OCCCCO[C@@H]2OC(CO)[C@H](O)[C@H](O)C2NC(C)=O)(COCCCOP(O)(=S)OCCCCO[C@@H]2OC(CO)[C@H](O)[C@H](O)C2NC(C)=O)OCCCCCCCCOP([O-])(=S)C(C)C)OC(CO)[C@H](O)[C@@H]1O. The molecule has 3 rings (SSSR count). The molecular formula is C60H116N3O33P4S4-. The topological polar surface area (TPSA) is 507 Å². The molecule has 3 aliphatic heterocycles. The second-order valence-electron chi connectivity index (χ2n) is 25.3. The number of amides is 3. The van der Waals surface area contributed by atoms with E-state index < -0.39 is 162 Å². The van der Waals surface area contributed by atoms with E-state index in [0.29, 0.717) is 58.0 Å². The summed E-state index contributed by atoms with van der Waals surface area (Å²) in [4.78, 5) is 69.5. The number of aliphatic hydroxyl groups excluding tert-OH is 9. The van der Waals surface area contributed by atoms with Gasteiger partial charge in [0.25, 0.3) is 0 Å². The van der Waals surface area contributed by atoms with Gasteiger partial charge in [0.2, 0.25) is 17.7 Å². The standard InChI is InChI=1S/C60H117N3O33P4S4/c1-41(2)97(76,101)87-28-11-9-7-6-8-10-27-86-60(38-80-21-18-32-91-98(77,102)88-29-15-12-24-83-57-48(61-42(3)67)54(73)51(70)45(35-64)94-57,39-81-22-19-33-92-99(78,103)89-30-16-13-25-84-58-49(62-43(4)68)55(74)52(71)46(36-65)95-58)40-82-23-20-34-93-100(79,104)90-31-17-14-26-85-59-50(63-44(5)69)56(75)53(72)47(37-66)96-59/h41,45-59,64-66,70-75H,6-40H2,1-5H3,(H,61,67)(H,62,68)(H,63,69)(H,76,101)(H,77,102)(H,78,103)(H,79,104)/p-1/t45?,46?,47?,48?,49?,50?,51-,52-,53-,54+,55+,56+,57+,58+,59+,60?,97?,98?,99?,100?/m0/s1. The Morgan fingerprint density at radius 2 is 0.702 bits per heavy atom. The van der Waals surface area contributed by atoms with Crippen LogP contribution in [0.4, 0.5) is 0 Å². The predicted molar refractivity (Wildman–Crippen MR) is 385 cm³/mol. The van der Waals surface area contributed by atoms with Gasteiger partial charge in [-0.3, -0.25) is 14.4 Å². The molecule has 104 heavy (non-hydrogen) atoms. The Morgan fingerprint density at radius 1 is 0.433 bits per heavy atom. The van der Waals surface area contributed by atoms with E-state index in [1.165, 1.54) is 20.8 Å². The molecule has 0 aliphatic carbocycles. The zero-order valence-corrected chi connectivity index (χ0v) is 66.8. The van der Waals surface area contributed by atoms with E-state index in [1.807, 2.05) is 0 Å². The second-order valence-corrected chi connectivity index (χ2v) is 37.8. The molecule has 0 aromatic carbocycles. The van der Waals surface area contributed by atoms with Gasteiger partial charge in [-0.2, -0.15) is 0 Å². The fourth-order valence-electron chi connectivity index (χ4n) is 10.3. The van der Waals surface area contributed by atoms with Gasteiger partial charge in [0.05, 0.1) is 85.9 Å². The van der Waals surface area contributed by atoms with Crippen LogP contribution in [0.25, 0.3) is 0 Å². The van der Waals surface area contributed by atoms with Crippen LogP contribution >= 0.6 is 39.0 Å². The van der Waals surface area contributed by atoms with Crippen LogP contribution < -0.4 is 20.8 Å². The maximum Gasteiger partial charge on any atom is 0.386 e. The molecule has 0 spiro atoms. The zero-order valence-electron chi connectivity index (χ0n) is 59.8. The van der Waals surface area contributed by atoms with Crippen molar-refractivity contribution >= 4 is 92.1 Å². The summed E-state index contributed by atoms with van der Waals surface area (Å²) in [7, 11) is 0. The minimum atomic E-state index is -3.87. The molecule has 36 nitrogen and oxygen atoms in total. The summed E-state index contributed by atoms with van der Waals surface area (Å²) in [5, 5.41) is 98.8. The Morgan fingerprint density at radius 3 is 1.02 bits per heavy atom. The molecule has 3 amide bonds. The number of hydrogen-bond donors (Lipinski definition) is 15. The lowest BCUT2D eigenvalue weighted by molar-refractivity contribution is -0.270. The van der Waals surface area contributed by atoms with Crippen LogP contribution in [-0.4, -0.2) is 309 Å². The highest BCUT2D eigenvalue weighted by Crippen LogP contribution is 2.53. The highest BCUT2D eigenvalue weighted by molar-refractivity contribution is 8.44. The minimum absolute atomic E-state index is 0.0186. The van der Waals surface area contributed by atoms with Crippen molar-refractivity contribution in [1.29, 1.82) is 0 Å². The number of unbranched alkanes of at least 4 members (excludes halogenated alkanes) is 8. The fraction of sp³-hybridized carbons (Fsp3) is 0.950. The van der Waals surface area contributed by atoms with Crippen LogP contribution in [0.5, 0.6) is 0 Å². The van der Waals surface area contributed by atoms with Crippen LogP contribution in [0.15, 0.2) is 0 Å². The number of carbonyl (C=O) groups is 3. The first-order valence-electron chi connectivity index (χ1n) is 34.9. The molecule has 3 heterocycles. The number of ether oxygens (including phenoxy) is 10. The third-order valence-electron chi connectivity index (χ3n) is 16.0. The molecule has 0 radical (unpaired) electrons. The van der Waals surface area contributed by atoms with Gasteiger partial charge in [0.1, 0.15) is 78.7 Å². The van der Waals surface area contributed by atoms with E-state index in [-0.39, 0.29) is 131 Å². The zero-order chi connectivity index (χ0) is 77.4. The fourth-order valence-corrected chi connectivity index (χ4v) is 15.0. The van der Waals surface area contributed by atoms with E-state index in [4.69, 9.17) is 114 Å².